The average Bonchev–Trinajstić information content (AvgIpc) is 2.42. The Bertz CT molecular complexity index is 730. The van der Waals surface area contributed by atoms with Crippen molar-refractivity contribution in [2.75, 3.05) is 10.6 Å². The zero-order chi connectivity index (χ0) is 18.1. The number of nitrogens with zero attached hydrogens (tertiary/aromatic N) is 2. The normalized spacial score (nSPS) is 11.7. The molecule has 3 N–H and O–H groups in total. The number of aromatic nitrogens is 2. The van der Waals surface area contributed by atoms with E-state index in [-0.39, 0.29) is 39.3 Å². The number of phenols is 1. The molecular weight excluding hydrogens is 368 g/mol. The lowest BCUT2D eigenvalue weighted by Crippen LogP contribution is -2.17. The van der Waals surface area contributed by atoms with Crippen LogP contribution in [0.1, 0.15) is 19.5 Å². The average molecular weight is 381 g/mol. The molecule has 0 bridgehead atoms. The van der Waals surface area contributed by atoms with E-state index in [1.165, 1.54) is 12.1 Å². The van der Waals surface area contributed by atoms with E-state index in [2.05, 4.69) is 20.6 Å². The molecule has 0 atom stereocenters. The number of halogens is 5. The summed E-state index contributed by atoms with van der Waals surface area (Å²) in [5, 5.41) is 14.8. The molecule has 0 spiro atoms. The highest BCUT2D eigenvalue weighted by molar-refractivity contribution is 6.37. The van der Waals surface area contributed by atoms with Crippen molar-refractivity contribution in [1.82, 2.24) is 9.97 Å². The molecule has 2 rings (SSSR count). The van der Waals surface area contributed by atoms with E-state index in [0.717, 1.165) is 6.07 Å². The van der Waals surface area contributed by atoms with Crippen LogP contribution < -0.4 is 10.6 Å². The van der Waals surface area contributed by atoms with E-state index in [9.17, 15) is 18.3 Å². The largest absolute Gasteiger partial charge is 0.505 e. The molecule has 0 aliphatic heterocycles. The van der Waals surface area contributed by atoms with Gasteiger partial charge in [0, 0.05) is 17.8 Å². The molecule has 1 aromatic carbocycles. The van der Waals surface area contributed by atoms with Gasteiger partial charge in [0.2, 0.25) is 5.95 Å². The second-order valence-corrected chi connectivity index (χ2v) is 5.99. The lowest BCUT2D eigenvalue weighted by Gasteiger charge is -2.14. The van der Waals surface area contributed by atoms with E-state index < -0.39 is 11.9 Å². The Balaban J connectivity index is 2.42. The first-order valence-electron chi connectivity index (χ1n) is 6.74. The maximum absolute atomic E-state index is 13.0. The minimum absolute atomic E-state index is 0.0457. The minimum Gasteiger partial charge on any atom is -0.505 e. The van der Waals surface area contributed by atoms with Crippen molar-refractivity contribution in [1.29, 1.82) is 0 Å². The van der Waals surface area contributed by atoms with Crippen molar-refractivity contribution in [3.8, 4) is 5.75 Å². The Kier molecular flexibility index (Phi) is 5.29. The van der Waals surface area contributed by atoms with Crippen LogP contribution in [0.4, 0.5) is 30.6 Å². The van der Waals surface area contributed by atoms with E-state index in [0.29, 0.717) is 0 Å². The molecule has 0 amide bonds. The fourth-order valence-electron chi connectivity index (χ4n) is 1.76. The Labute approximate surface area is 145 Å². The maximum Gasteiger partial charge on any atom is 0.433 e. The molecule has 0 saturated carbocycles. The van der Waals surface area contributed by atoms with Crippen molar-refractivity contribution in [3.63, 3.8) is 0 Å². The third-order valence-electron chi connectivity index (χ3n) is 2.72. The minimum atomic E-state index is -4.63. The van der Waals surface area contributed by atoms with Gasteiger partial charge < -0.3 is 15.7 Å². The second kappa shape index (κ2) is 6.90. The van der Waals surface area contributed by atoms with Crippen molar-refractivity contribution in [2.24, 2.45) is 0 Å². The molecule has 0 fully saturated rings. The molecule has 0 aliphatic rings. The van der Waals surface area contributed by atoms with Crippen molar-refractivity contribution in [2.45, 2.75) is 26.1 Å². The first-order chi connectivity index (χ1) is 11.1. The molecule has 0 aliphatic carbocycles. The number of hydrogen-bond acceptors (Lipinski definition) is 5. The van der Waals surface area contributed by atoms with Crippen LogP contribution in [0.5, 0.6) is 5.75 Å². The number of nitrogens with one attached hydrogen (secondary N) is 2. The summed E-state index contributed by atoms with van der Waals surface area (Å²) in [5.74, 6) is -0.582. The standard InChI is InChI=1S/C14H13Cl2F3N4O/c1-6(2)20-13-22-10(14(17,18)19)5-11(23-13)21-7-3-8(15)12(24)9(16)4-7/h3-6,24H,1-2H3,(H2,20,21,22,23). The summed E-state index contributed by atoms with van der Waals surface area (Å²) in [4.78, 5) is 7.44. The fourth-order valence-corrected chi connectivity index (χ4v) is 2.25. The monoisotopic (exact) mass is 380 g/mol. The predicted octanol–water partition coefficient (Wildman–Crippen LogP) is 5.07. The number of phenolic OH excluding ortho intramolecular Hbond substituents is 1. The number of benzene rings is 1. The van der Waals surface area contributed by atoms with Gasteiger partial charge in [0.25, 0.3) is 0 Å². The van der Waals surface area contributed by atoms with Gasteiger partial charge in [-0.25, -0.2) is 4.98 Å². The van der Waals surface area contributed by atoms with Crippen LogP contribution in [0, 0.1) is 0 Å². The van der Waals surface area contributed by atoms with Crippen LogP contribution in [-0.2, 0) is 6.18 Å². The zero-order valence-electron chi connectivity index (χ0n) is 12.5. The molecule has 0 saturated heterocycles. The summed E-state index contributed by atoms with van der Waals surface area (Å²) in [6.45, 7) is 3.49. The highest BCUT2D eigenvalue weighted by Crippen LogP contribution is 2.36. The molecule has 0 radical (unpaired) electrons. The van der Waals surface area contributed by atoms with E-state index in [1.807, 2.05) is 0 Å². The van der Waals surface area contributed by atoms with Crippen LogP contribution in [0.3, 0.4) is 0 Å². The fraction of sp³-hybridized carbons (Fsp3) is 0.286. The Morgan fingerprint density at radius 3 is 2.17 bits per heavy atom. The summed E-state index contributed by atoms with van der Waals surface area (Å²) < 4.78 is 39.0. The topological polar surface area (TPSA) is 70.1 Å². The van der Waals surface area contributed by atoms with Gasteiger partial charge in [0.05, 0.1) is 10.0 Å². The SMILES string of the molecule is CC(C)Nc1nc(Nc2cc(Cl)c(O)c(Cl)c2)cc(C(F)(F)F)n1. The number of rotatable bonds is 4. The Morgan fingerprint density at radius 1 is 1.08 bits per heavy atom. The van der Waals surface area contributed by atoms with Crippen LogP contribution in [0.25, 0.3) is 0 Å². The molecule has 130 valence electrons. The van der Waals surface area contributed by atoms with Gasteiger partial charge in [-0.2, -0.15) is 18.2 Å². The highest BCUT2D eigenvalue weighted by Gasteiger charge is 2.33. The lowest BCUT2D eigenvalue weighted by molar-refractivity contribution is -0.141. The molecule has 10 heteroatoms. The van der Waals surface area contributed by atoms with Gasteiger partial charge in [-0.1, -0.05) is 23.2 Å². The molecule has 1 aromatic heterocycles. The predicted molar refractivity (Wildman–Crippen MR) is 87.2 cm³/mol. The summed E-state index contributed by atoms with van der Waals surface area (Å²) in [7, 11) is 0. The molecule has 2 aromatic rings. The maximum atomic E-state index is 13.0. The van der Waals surface area contributed by atoms with Gasteiger partial charge in [-0.3, -0.25) is 0 Å². The molecule has 5 nitrogen and oxygen atoms in total. The van der Waals surface area contributed by atoms with Crippen molar-refractivity contribution < 1.29 is 18.3 Å². The Morgan fingerprint density at radius 2 is 1.67 bits per heavy atom. The smallest absolute Gasteiger partial charge is 0.433 e. The number of aromatic hydroxyl groups is 1. The quantitative estimate of drug-likeness (QED) is 0.645. The number of anilines is 3. The van der Waals surface area contributed by atoms with Gasteiger partial charge in [0.15, 0.2) is 11.4 Å². The van der Waals surface area contributed by atoms with Crippen LogP contribution >= 0.6 is 23.2 Å². The first kappa shape index (κ1) is 18.4. The molecular formula is C14H13Cl2F3N4O. The van der Waals surface area contributed by atoms with Gasteiger partial charge in [0.1, 0.15) is 5.82 Å². The van der Waals surface area contributed by atoms with E-state index in [4.69, 9.17) is 23.2 Å². The van der Waals surface area contributed by atoms with Crippen LogP contribution in [-0.4, -0.2) is 21.1 Å². The summed E-state index contributed by atoms with van der Waals surface area (Å²) in [6.07, 6.45) is -4.63. The van der Waals surface area contributed by atoms with Crippen molar-refractivity contribution in [3.05, 3.63) is 33.9 Å². The third-order valence-corrected chi connectivity index (χ3v) is 3.30. The second-order valence-electron chi connectivity index (χ2n) is 5.17. The number of hydrogen-bond donors (Lipinski definition) is 3. The van der Waals surface area contributed by atoms with Crippen LogP contribution in [0.2, 0.25) is 10.0 Å². The lowest BCUT2D eigenvalue weighted by atomic mass is 10.3. The molecule has 24 heavy (non-hydrogen) atoms. The summed E-state index contributed by atoms with van der Waals surface area (Å²) in [6, 6.07) is 3.24. The summed E-state index contributed by atoms with van der Waals surface area (Å²) in [5.41, 5.74) is -0.829. The number of alkyl halides is 3. The molecule has 1 heterocycles. The third kappa shape index (κ3) is 4.55. The van der Waals surface area contributed by atoms with Gasteiger partial charge >= 0.3 is 6.18 Å². The van der Waals surface area contributed by atoms with E-state index in [1.54, 1.807) is 13.8 Å². The van der Waals surface area contributed by atoms with Gasteiger partial charge in [-0.05, 0) is 26.0 Å². The first-order valence-corrected chi connectivity index (χ1v) is 7.49. The van der Waals surface area contributed by atoms with Crippen molar-refractivity contribution >= 4 is 40.7 Å². The zero-order valence-corrected chi connectivity index (χ0v) is 14.1. The van der Waals surface area contributed by atoms with E-state index >= 15 is 0 Å². The highest BCUT2D eigenvalue weighted by atomic mass is 35.5. The van der Waals surface area contributed by atoms with Gasteiger partial charge in [-0.15, -0.1) is 0 Å². The van der Waals surface area contributed by atoms with Crippen LogP contribution in [0.15, 0.2) is 18.2 Å². The molecule has 0 unspecified atom stereocenters. The Hall–Kier alpha value is -1.93. The summed E-state index contributed by atoms with van der Waals surface area (Å²) >= 11 is 11.6.